The second-order valence-corrected chi connectivity index (χ2v) is 9.67. The Balaban J connectivity index is 1.44. The summed E-state index contributed by atoms with van der Waals surface area (Å²) in [6, 6.07) is 16.7. The molecular weight excluding hydrogens is 446 g/mol. The van der Waals surface area contributed by atoms with Gasteiger partial charge in [-0.2, -0.15) is 0 Å². The van der Waals surface area contributed by atoms with Crippen molar-refractivity contribution in [3.8, 4) is 17.1 Å². The zero-order valence-corrected chi connectivity index (χ0v) is 20.6. The Morgan fingerprint density at radius 3 is 2.61 bits per heavy atom. The molecule has 1 unspecified atom stereocenters. The molecule has 0 saturated carbocycles. The predicted octanol–water partition coefficient (Wildman–Crippen LogP) is 4.45. The van der Waals surface area contributed by atoms with Crippen LogP contribution in [-0.4, -0.2) is 50.6 Å². The minimum atomic E-state index is 0.455. The Kier molecular flexibility index (Phi) is 6.09. The highest BCUT2D eigenvalue weighted by Crippen LogP contribution is 2.32. The number of pyridine rings is 2. The van der Waals surface area contributed by atoms with Gasteiger partial charge in [0.25, 0.3) is 0 Å². The molecule has 7 nitrogen and oxygen atoms in total. The fourth-order valence-corrected chi connectivity index (χ4v) is 4.95. The van der Waals surface area contributed by atoms with Crippen molar-refractivity contribution >= 4 is 22.6 Å². The molecule has 1 aliphatic heterocycles. The molecule has 2 aliphatic rings. The van der Waals surface area contributed by atoms with Crippen LogP contribution in [0.1, 0.15) is 24.6 Å². The maximum atomic E-state index is 6.30. The summed E-state index contributed by atoms with van der Waals surface area (Å²) in [6.45, 7) is 7.44. The van der Waals surface area contributed by atoms with Crippen molar-refractivity contribution in [3.05, 3.63) is 84.2 Å². The van der Waals surface area contributed by atoms with E-state index in [9.17, 15) is 0 Å². The Bertz CT molecular complexity index is 1440. The van der Waals surface area contributed by atoms with Gasteiger partial charge in [-0.3, -0.25) is 9.47 Å². The summed E-state index contributed by atoms with van der Waals surface area (Å²) < 4.78 is 2.11. The average Bonchev–Trinajstić information content (AvgIpc) is 3.29. The normalized spacial score (nSPS) is 18.5. The molecule has 0 bridgehead atoms. The number of nitrogens with one attached hydrogen (secondary N) is 1. The van der Waals surface area contributed by atoms with E-state index in [1.54, 1.807) is 6.20 Å². The number of imidazole rings is 1. The van der Waals surface area contributed by atoms with Crippen LogP contribution in [0.3, 0.4) is 0 Å². The summed E-state index contributed by atoms with van der Waals surface area (Å²) in [4.78, 5) is 16.9. The molecule has 4 aromatic rings. The van der Waals surface area contributed by atoms with Crippen LogP contribution in [-0.2, 0) is 6.54 Å². The van der Waals surface area contributed by atoms with E-state index in [4.69, 9.17) is 15.7 Å². The number of hydrogen-bond acceptors (Lipinski definition) is 6. The van der Waals surface area contributed by atoms with Crippen LogP contribution in [0.5, 0.6) is 0 Å². The molecule has 1 aromatic carbocycles. The van der Waals surface area contributed by atoms with Crippen molar-refractivity contribution in [1.29, 1.82) is 0 Å². The average molecular weight is 478 g/mol. The maximum Gasteiger partial charge on any atom is 0.165 e. The van der Waals surface area contributed by atoms with Crippen molar-refractivity contribution in [1.82, 2.24) is 29.7 Å². The monoisotopic (exact) mass is 477 g/mol. The van der Waals surface area contributed by atoms with Crippen LogP contribution >= 0.6 is 0 Å². The molecule has 1 atom stereocenters. The first-order chi connectivity index (χ1) is 17.7. The fraction of sp³-hybridized carbons (Fsp3) is 0.276. The molecule has 3 N–H and O–H groups in total. The van der Waals surface area contributed by atoms with E-state index in [0.717, 1.165) is 78.7 Å². The fourth-order valence-electron chi connectivity index (χ4n) is 4.95. The largest absolute Gasteiger partial charge is 0.383 e. The van der Waals surface area contributed by atoms with Crippen molar-refractivity contribution in [2.24, 2.45) is 5.92 Å². The number of hydrogen-bond donors (Lipinski definition) is 2. The van der Waals surface area contributed by atoms with Gasteiger partial charge >= 0.3 is 0 Å². The number of anilines is 1. The van der Waals surface area contributed by atoms with Gasteiger partial charge in [-0.05, 0) is 59.9 Å². The number of nitrogens with zero attached hydrogens (tertiary/aromatic N) is 5. The van der Waals surface area contributed by atoms with E-state index in [1.165, 1.54) is 5.56 Å². The van der Waals surface area contributed by atoms with Crippen molar-refractivity contribution < 1.29 is 0 Å². The molecule has 1 saturated heterocycles. The van der Waals surface area contributed by atoms with E-state index in [2.05, 4.69) is 81.3 Å². The summed E-state index contributed by atoms with van der Waals surface area (Å²) >= 11 is 0. The van der Waals surface area contributed by atoms with Gasteiger partial charge in [0.2, 0.25) is 0 Å². The molecule has 4 heterocycles. The lowest BCUT2D eigenvalue weighted by molar-refractivity contribution is 0.233. The molecule has 0 amide bonds. The minimum Gasteiger partial charge on any atom is -0.383 e. The zero-order chi connectivity index (χ0) is 24.5. The highest BCUT2D eigenvalue weighted by Gasteiger charge is 2.19. The van der Waals surface area contributed by atoms with Gasteiger partial charge in [-0.1, -0.05) is 37.3 Å². The van der Waals surface area contributed by atoms with Crippen LogP contribution < -0.4 is 11.1 Å². The smallest absolute Gasteiger partial charge is 0.165 e. The van der Waals surface area contributed by atoms with Crippen LogP contribution in [0.25, 0.3) is 33.8 Å². The number of rotatable bonds is 5. The SMILES string of the molecule is CC1C=CC(c2ccc3nc(-c4cccnc4N)n(-c4ccc(CN5CCNCC5)cc4)c3n2)=CC1. The molecule has 1 aliphatic carbocycles. The molecule has 0 radical (unpaired) electrons. The second-order valence-electron chi connectivity index (χ2n) is 9.67. The number of nitrogens with two attached hydrogens (primary N) is 1. The predicted molar refractivity (Wildman–Crippen MR) is 146 cm³/mol. The highest BCUT2D eigenvalue weighted by molar-refractivity contribution is 5.85. The Morgan fingerprint density at radius 1 is 1.03 bits per heavy atom. The summed E-state index contributed by atoms with van der Waals surface area (Å²) in [5.41, 5.74) is 13.1. The molecular formula is C29H31N7. The highest BCUT2D eigenvalue weighted by atomic mass is 15.2. The quantitative estimate of drug-likeness (QED) is 0.442. The van der Waals surface area contributed by atoms with E-state index in [-0.39, 0.29) is 0 Å². The molecule has 182 valence electrons. The summed E-state index contributed by atoms with van der Waals surface area (Å²) in [5, 5.41) is 3.42. The van der Waals surface area contributed by atoms with Crippen LogP contribution in [0.2, 0.25) is 0 Å². The number of benzene rings is 1. The third kappa shape index (κ3) is 4.43. The molecule has 0 spiro atoms. The molecule has 3 aromatic heterocycles. The van der Waals surface area contributed by atoms with Gasteiger partial charge in [0.15, 0.2) is 11.5 Å². The third-order valence-electron chi connectivity index (χ3n) is 7.00. The molecule has 6 rings (SSSR count). The Morgan fingerprint density at radius 2 is 1.86 bits per heavy atom. The number of aromatic nitrogens is 4. The standard InChI is InChI=1S/C29H31N7/c1-20-4-8-22(9-5-20)25-12-13-26-29(33-25)36(28(34-26)24-3-2-14-32-27(24)30)23-10-6-21(7-11-23)19-35-17-15-31-16-18-35/h2-4,6-14,20,31H,5,15-19H2,1H3,(H2,30,32). The van der Waals surface area contributed by atoms with Crippen LogP contribution in [0.15, 0.2) is 73.0 Å². The van der Waals surface area contributed by atoms with Crippen molar-refractivity contribution in [2.45, 2.75) is 19.9 Å². The van der Waals surface area contributed by atoms with Crippen molar-refractivity contribution in [2.75, 3.05) is 31.9 Å². The lowest BCUT2D eigenvalue weighted by atomic mass is 9.97. The third-order valence-corrected chi connectivity index (χ3v) is 7.00. The van der Waals surface area contributed by atoms with Gasteiger partial charge in [0.05, 0.1) is 11.3 Å². The van der Waals surface area contributed by atoms with Gasteiger partial charge in [0.1, 0.15) is 11.3 Å². The summed E-state index contributed by atoms with van der Waals surface area (Å²) in [7, 11) is 0. The Labute approximate surface area is 211 Å². The lowest BCUT2D eigenvalue weighted by Gasteiger charge is -2.27. The first-order valence-electron chi connectivity index (χ1n) is 12.7. The van der Waals surface area contributed by atoms with E-state index >= 15 is 0 Å². The molecule has 7 heteroatoms. The van der Waals surface area contributed by atoms with E-state index in [1.807, 2.05) is 12.1 Å². The number of nitrogen functional groups attached to an aromatic ring is 1. The van der Waals surface area contributed by atoms with Gasteiger partial charge < -0.3 is 11.1 Å². The maximum absolute atomic E-state index is 6.30. The molecule has 1 fully saturated rings. The van der Waals surface area contributed by atoms with Crippen LogP contribution in [0.4, 0.5) is 5.82 Å². The number of piperazine rings is 1. The topological polar surface area (TPSA) is 84.9 Å². The minimum absolute atomic E-state index is 0.455. The van der Waals surface area contributed by atoms with Gasteiger partial charge in [-0.15, -0.1) is 0 Å². The zero-order valence-electron chi connectivity index (χ0n) is 20.6. The number of fused-ring (bicyclic) bond motifs is 1. The van der Waals surface area contributed by atoms with Gasteiger partial charge in [-0.25, -0.2) is 15.0 Å². The lowest BCUT2D eigenvalue weighted by Crippen LogP contribution is -2.42. The molecule has 36 heavy (non-hydrogen) atoms. The number of allylic oxidation sites excluding steroid dienone is 4. The summed E-state index contributed by atoms with van der Waals surface area (Å²) in [5.74, 6) is 1.76. The van der Waals surface area contributed by atoms with Crippen LogP contribution in [0, 0.1) is 5.92 Å². The second kappa shape index (κ2) is 9.68. The van der Waals surface area contributed by atoms with Crippen molar-refractivity contribution in [3.63, 3.8) is 0 Å². The van der Waals surface area contributed by atoms with E-state index < -0.39 is 0 Å². The Hall–Kier alpha value is -3.81. The van der Waals surface area contributed by atoms with E-state index in [0.29, 0.717) is 11.7 Å². The van der Waals surface area contributed by atoms with Gasteiger partial charge in [0, 0.05) is 44.6 Å². The summed E-state index contributed by atoms with van der Waals surface area (Å²) in [6.07, 6.45) is 9.42. The first kappa shape index (κ1) is 22.6. The first-order valence-corrected chi connectivity index (χ1v) is 12.7.